The van der Waals surface area contributed by atoms with E-state index in [2.05, 4.69) is 17.0 Å². The first-order valence-corrected chi connectivity index (χ1v) is 14.9. The van der Waals surface area contributed by atoms with E-state index in [9.17, 15) is 10.2 Å². The number of nitrogen functional groups attached to an aromatic ring is 1. The third-order valence-electron chi connectivity index (χ3n) is 10.2. The number of phenols is 1. The number of rotatable bonds is 4. The van der Waals surface area contributed by atoms with Crippen molar-refractivity contribution < 1.29 is 14.9 Å². The van der Waals surface area contributed by atoms with Crippen molar-refractivity contribution in [2.45, 2.75) is 61.7 Å². The summed E-state index contributed by atoms with van der Waals surface area (Å²) in [4.78, 5) is 14.2. The van der Waals surface area contributed by atoms with Crippen molar-refractivity contribution in [3.63, 3.8) is 0 Å². The van der Waals surface area contributed by atoms with Gasteiger partial charge in [0.2, 0.25) is 0 Å². The maximum atomic E-state index is 12.9. The van der Waals surface area contributed by atoms with E-state index >= 15 is 0 Å². The highest BCUT2D eigenvalue weighted by Crippen LogP contribution is 2.70. The molecule has 0 unspecified atom stereocenters. The number of hydrogen-bond donors (Lipinski definition) is 3. The van der Waals surface area contributed by atoms with Crippen LogP contribution in [0.2, 0.25) is 0 Å². The first-order valence-electron chi connectivity index (χ1n) is 14.1. The van der Waals surface area contributed by atoms with Crippen molar-refractivity contribution in [3.05, 3.63) is 75.4 Å². The van der Waals surface area contributed by atoms with Crippen LogP contribution in [-0.4, -0.2) is 49.8 Å². The smallest absolute Gasteiger partial charge is 0.166 e. The number of hydrogen-bond acceptors (Lipinski definition) is 8. The molecule has 4 N–H and O–H groups in total. The Kier molecular flexibility index (Phi) is 4.35. The normalized spacial score (nSPS) is 30.2. The summed E-state index contributed by atoms with van der Waals surface area (Å²) in [7, 11) is 0. The Hall–Kier alpha value is -3.20. The van der Waals surface area contributed by atoms with Gasteiger partial charge in [-0.25, -0.2) is 9.97 Å². The van der Waals surface area contributed by atoms with Crippen LogP contribution in [0.3, 0.4) is 0 Å². The summed E-state index contributed by atoms with van der Waals surface area (Å²) >= 11 is 1.62. The average Bonchev–Trinajstić information content (AvgIpc) is 3.55. The van der Waals surface area contributed by atoms with Gasteiger partial charge < -0.3 is 20.7 Å². The Morgan fingerprint density at radius 2 is 1.97 bits per heavy atom. The summed E-state index contributed by atoms with van der Waals surface area (Å²) in [5.41, 5.74) is 9.43. The molecule has 7 nitrogen and oxygen atoms in total. The van der Waals surface area contributed by atoms with Crippen molar-refractivity contribution in [2.75, 3.05) is 18.8 Å². The summed E-state index contributed by atoms with van der Waals surface area (Å²) in [5.74, 6) is 2.60. The molecule has 4 heterocycles. The lowest BCUT2D eigenvalue weighted by Gasteiger charge is -2.62. The number of likely N-dealkylation sites (tertiary alicyclic amines) is 1. The zero-order valence-electron chi connectivity index (χ0n) is 21.6. The molecule has 8 heteroatoms. The van der Waals surface area contributed by atoms with Crippen molar-refractivity contribution in [1.29, 1.82) is 0 Å². The maximum Gasteiger partial charge on any atom is 0.166 e. The molecule has 1 spiro atoms. The highest BCUT2D eigenvalue weighted by atomic mass is 32.1. The molecule has 2 aromatic carbocycles. The van der Waals surface area contributed by atoms with E-state index in [4.69, 9.17) is 20.4 Å². The predicted molar refractivity (Wildman–Crippen MR) is 149 cm³/mol. The van der Waals surface area contributed by atoms with Crippen LogP contribution < -0.4 is 10.5 Å². The van der Waals surface area contributed by atoms with Crippen molar-refractivity contribution in [2.24, 2.45) is 5.92 Å². The van der Waals surface area contributed by atoms with Crippen molar-refractivity contribution in [1.82, 2.24) is 14.9 Å². The van der Waals surface area contributed by atoms with E-state index in [1.807, 2.05) is 24.3 Å². The Labute approximate surface area is 230 Å². The number of benzene rings is 2. The van der Waals surface area contributed by atoms with Gasteiger partial charge in [0.05, 0.1) is 16.4 Å². The standard InChI is InChI=1S/C31H30N4O3S/c32-28-24-23-20(39-29(24)34-22(33-28)12-16-4-2-1-3-5-16)14-31(37)21-13-18-8-9-19(36)26-25(18)30(31,27(23)38-26)10-11-35(21)15-17-6-7-17/h1-5,8-9,17,21,27,36-37H,6-7,10-15H2,(H2,32,33,34)/t21-,27-,30-,31+/m0/s1. The number of piperidine rings is 1. The lowest BCUT2D eigenvalue weighted by molar-refractivity contribution is -0.171. The fraction of sp³-hybridized carbons (Fsp3) is 0.419. The topological polar surface area (TPSA) is 105 Å². The molecule has 4 atom stereocenters. The summed E-state index contributed by atoms with van der Waals surface area (Å²) in [6, 6.07) is 14.0. The average molecular weight is 539 g/mol. The molecule has 3 aliphatic carbocycles. The number of aliphatic hydroxyl groups is 1. The third-order valence-corrected chi connectivity index (χ3v) is 11.2. The van der Waals surface area contributed by atoms with Gasteiger partial charge in [-0.05, 0) is 55.3 Å². The Balaban J connectivity index is 1.24. The Bertz CT molecular complexity index is 1680. The molecule has 39 heavy (non-hydrogen) atoms. The minimum Gasteiger partial charge on any atom is -0.504 e. The second kappa shape index (κ2) is 7.50. The molecule has 0 radical (unpaired) electrons. The van der Waals surface area contributed by atoms with Crippen LogP contribution in [0.5, 0.6) is 11.5 Å². The van der Waals surface area contributed by atoms with E-state index in [1.165, 1.54) is 18.4 Å². The van der Waals surface area contributed by atoms with Crippen LogP contribution in [-0.2, 0) is 24.7 Å². The summed E-state index contributed by atoms with van der Waals surface area (Å²) in [6.45, 7) is 1.97. The van der Waals surface area contributed by atoms with E-state index < -0.39 is 17.1 Å². The molecule has 198 valence electrons. The maximum absolute atomic E-state index is 12.9. The van der Waals surface area contributed by atoms with Crippen molar-refractivity contribution in [3.8, 4) is 11.5 Å². The van der Waals surface area contributed by atoms with Crippen LogP contribution in [0.15, 0.2) is 42.5 Å². The molecule has 9 rings (SSSR count). The summed E-state index contributed by atoms with van der Waals surface area (Å²) in [5, 5.41) is 24.7. The van der Waals surface area contributed by atoms with Crippen LogP contribution in [0.25, 0.3) is 10.2 Å². The monoisotopic (exact) mass is 538 g/mol. The zero-order valence-corrected chi connectivity index (χ0v) is 22.4. The molecule has 2 aromatic heterocycles. The molecule has 4 aromatic rings. The molecule has 0 amide bonds. The molecule has 1 saturated carbocycles. The number of nitrogens with zero attached hydrogens (tertiary/aromatic N) is 3. The number of fused-ring (bicyclic) bond motifs is 4. The molecular formula is C31H30N4O3S. The van der Waals surface area contributed by atoms with E-state index in [1.54, 1.807) is 17.4 Å². The van der Waals surface area contributed by atoms with Crippen LogP contribution in [0, 0.1) is 5.92 Å². The van der Waals surface area contributed by atoms with Crippen LogP contribution in [0.4, 0.5) is 5.82 Å². The highest BCUT2D eigenvalue weighted by Gasteiger charge is 2.73. The highest BCUT2D eigenvalue weighted by molar-refractivity contribution is 7.19. The number of anilines is 1. The largest absolute Gasteiger partial charge is 0.504 e. The SMILES string of the molecule is Nc1nc(Cc2ccccc2)nc2sc3c(c12)[C@@H]1Oc2c(O)ccc4c2[C@@]12CCN(CC1CC1)[C@@H](C4)[C@]2(O)C3. The molecule has 2 aliphatic heterocycles. The van der Waals surface area contributed by atoms with E-state index in [0.29, 0.717) is 30.2 Å². The predicted octanol–water partition coefficient (Wildman–Crippen LogP) is 4.27. The molecule has 5 aliphatic rings. The molecular weight excluding hydrogens is 508 g/mol. The third kappa shape index (κ3) is 2.84. The van der Waals surface area contributed by atoms with E-state index in [0.717, 1.165) is 63.6 Å². The minimum absolute atomic E-state index is 0.0105. The van der Waals surface area contributed by atoms with E-state index in [-0.39, 0.29) is 11.8 Å². The zero-order chi connectivity index (χ0) is 26.1. The molecule has 1 saturated heterocycles. The fourth-order valence-corrected chi connectivity index (χ4v) is 9.63. The van der Waals surface area contributed by atoms with Crippen LogP contribution >= 0.6 is 11.3 Å². The van der Waals surface area contributed by atoms with Crippen LogP contribution in [0.1, 0.15) is 58.3 Å². The van der Waals surface area contributed by atoms with Gasteiger partial charge in [-0.3, -0.25) is 4.90 Å². The number of nitrogens with two attached hydrogens (primary N) is 1. The molecule has 2 bridgehead atoms. The Morgan fingerprint density at radius 3 is 2.79 bits per heavy atom. The lowest BCUT2D eigenvalue weighted by Crippen LogP contribution is -2.74. The van der Waals surface area contributed by atoms with Gasteiger partial charge in [0.25, 0.3) is 0 Å². The summed E-state index contributed by atoms with van der Waals surface area (Å²) in [6.07, 6.45) is 4.85. The van der Waals surface area contributed by atoms with Gasteiger partial charge in [0.15, 0.2) is 11.5 Å². The van der Waals surface area contributed by atoms with Gasteiger partial charge in [0, 0.05) is 41.4 Å². The van der Waals surface area contributed by atoms with Gasteiger partial charge >= 0.3 is 0 Å². The lowest BCUT2D eigenvalue weighted by atomic mass is 9.49. The van der Waals surface area contributed by atoms with Crippen molar-refractivity contribution >= 4 is 27.4 Å². The second-order valence-corrected chi connectivity index (χ2v) is 13.3. The number of thiophene rings is 1. The second-order valence-electron chi connectivity index (χ2n) is 12.2. The first kappa shape index (κ1) is 22.6. The Morgan fingerprint density at radius 1 is 1.13 bits per heavy atom. The minimum atomic E-state index is -1.00. The van der Waals surface area contributed by atoms with Gasteiger partial charge in [-0.15, -0.1) is 11.3 Å². The fourth-order valence-electron chi connectivity index (χ4n) is 8.32. The van der Waals surface area contributed by atoms with Gasteiger partial charge in [0.1, 0.15) is 22.6 Å². The number of ether oxygens (including phenoxy) is 1. The number of aromatic nitrogens is 2. The van der Waals surface area contributed by atoms with Gasteiger partial charge in [-0.1, -0.05) is 36.4 Å². The first-order chi connectivity index (χ1) is 19.0. The summed E-state index contributed by atoms with van der Waals surface area (Å²) < 4.78 is 6.74. The number of phenolic OH excluding ortho intramolecular Hbond substituents is 1. The molecule has 2 fully saturated rings. The number of aromatic hydroxyl groups is 1. The quantitative estimate of drug-likeness (QED) is 0.356. The van der Waals surface area contributed by atoms with Gasteiger partial charge in [-0.2, -0.15) is 0 Å².